The molecular formula is C13H16FNO. The Balaban J connectivity index is 2.01. The van der Waals surface area contributed by atoms with E-state index in [9.17, 15) is 4.39 Å². The van der Waals surface area contributed by atoms with Gasteiger partial charge in [0.1, 0.15) is 11.6 Å². The molecule has 0 amide bonds. The molecule has 0 bridgehead atoms. The molecule has 0 spiro atoms. The van der Waals surface area contributed by atoms with Crippen molar-refractivity contribution in [1.29, 1.82) is 0 Å². The number of fused-ring (bicyclic) bond motifs is 1. The van der Waals surface area contributed by atoms with Gasteiger partial charge in [0.05, 0.1) is 6.61 Å². The van der Waals surface area contributed by atoms with Crippen molar-refractivity contribution in [3.8, 4) is 5.75 Å². The fourth-order valence-corrected chi connectivity index (χ4v) is 2.82. The standard InChI is InChI=1S/C13H16FNO/c14-11-1-2-12-10(5-8-16-12)13(11)9-3-6-15-7-4-9/h1-2,9,15H,3-8H2. The average Bonchev–Trinajstić information content (AvgIpc) is 2.78. The normalized spacial score (nSPS) is 20.6. The van der Waals surface area contributed by atoms with Crippen LogP contribution in [0, 0.1) is 5.82 Å². The Morgan fingerprint density at radius 1 is 1.25 bits per heavy atom. The Morgan fingerprint density at radius 2 is 2.06 bits per heavy atom. The third-order valence-electron chi connectivity index (χ3n) is 3.62. The molecule has 1 N–H and O–H groups in total. The molecule has 2 nitrogen and oxygen atoms in total. The summed E-state index contributed by atoms with van der Waals surface area (Å²) in [5.74, 6) is 1.23. The van der Waals surface area contributed by atoms with E-state index in [1.165, 1.54) is 0 Å². The van der Waals surface area contributed by atoms with Gasteiger partial charge in [0, 0.05) is 12.0 Å². The quantitative estimate of drug-likeness (QED) is 0.785. The highest BCUT2D eigenvalue weighted by atomic mass is 19.1. The highest BCUT2D eigenvalue weighted by Gasteiger charge is 2.26. The Labute approximate surface area is 94.8 Å². The lowest BCUT2D eigenvalue weighted by Gasteiger charge is -2.25. The van der Waals surface area contributed by atoms with E-state index in [1.807, 2.05) is 0 Å². The first kappa shape index (κ1) is 10.1. The Morgan fingerprint density at radius 3 is 2.88 bits per heavy atom. The lowest BCUT2D eigenvalue weighted by molar-refractivity contribution is 0.356. The van der Waals surface area contributed by atoms with E-state index in [1.54, 1.807) is 12.1 Å². The maximum atomic E-state index is 14.0. The van der Waals surface area contributed by atoms with Crippen LogP contribution in [0.1, 0.15) is 29.9 Å². The molecule has 2 heterocycles. The number of nitrogens with one attached hydrogen (secondary N) is 1. The summed E-state index contributed by atoms with van der Waals surface area (Å²) in [7, 11) is 0. The van der Waals surface area contributed by atoms with Gasteiger partial charge in [0.15, 0.2) is 0 Å². The smallest absolute Gasteiger partial charge is 0.127 e. The zero-order valence-electron chi connectivity index (χ0n) is 9.26. The minimum atomic E-state index is -0.0452. The van der Waals surface area contributed by atoms with Crippen molar-refractivity contribution in [2.75, 3.05) is 19.7 Å². The lowest BCUT2D eigenvalue weighted by Crippen LogP contribution is -2.27. The second-order valence-electron chi connectivity index (χ2n) is 4.56. The first-order valence-corrected chi connectivity index (χ1v) is 6.01. The summed E-state index contributed by atoms with van der Waals surface area (Å²) in [6, 6.07) is 3.32. The molecule has 0 aromatic heterocycles. The van der Waals surface area contributed by atoms with Crippen LogP contribution in [0.4, 0.5) is 4.39 Å². The van der Waals surface area contributed by atoms with Crippen molar-refractivity contribution in [3.05, 3.63) is 29.1 Å². The van der Waals surface area contributed by atoms with Crippen molar-refractivity contribution < 1.29 is 9.13 Å². The fraction of sp³-hybridized carbons (Fsp3) is 0.538. The van der Waals surface area contributed by atoms with E-state index in [-0.39, 0.29) is 5.82 Å². The number of benzene rings is 1. The first-order valence-electron chi connectivity index (χ1n) is 6.01. The number of piperidine rings is 1. The van der Waals surface area contributed by atoms with Gasteiger partial charge in [0.25, 0.3) is 0 Å². The largest absolute Gasteiger partial charge is 0.493 e. The lowest BCUT2D eigenvalue weighted by atomic mass is 9.86. The summed E-state index contributed by atoms with van der Waals surface area (Å²) < 4.78 is 19.5. The molecular weight excluding hydrogens is 205 g/mol. The molecule has 0 saturated carbocycles. The predicted octanol–water partition coefficient (Wildman–Crippen LogP) is 2.23. The van der Waals surface area contributed by atoms with Crippen LogP contribution in [-0.2, 0) is 6.42 Å². The molecule has 1 saturated heterocycles. The molecule has 16 heavy (non-hydrogen) atoms. The summed E-state index contributed by atoms with van der Waals surface area (Å²) in [5, 5.41) is 3.32. The minimum Gasteiger partial charge on any atom is -0.493 e. The van der Waals surface area contributed by atoms with Gasteiger partial charge in [-0.1, -0.05) is 0 Å². The fourth-order valence-electron chi connectivity index (χ4n) is 2.82. The van der Waals surface area contributed by atoms with E-state index in [4.69, 9.17) is 4.74 Å². The van der Waals surface area contributed by atoms with Crippen LogP contribution in [0.2, 0.25) is 0 Å². The molecule has 1 aromatic carbocycles. The second-order valence-corrected chi connectivity index (χ2v) is 4.56. The predicted molar refractivity (Wildman–Crippen MR) is 60.4 cm³/mol. The van der Waals surface area contributed by atoms with Crippen LogP contribution < -0.4 is 10.1 Å². The second kappa shape index (κ2) is 4.06. The summed E-state index contributed by atoms with van der Waals surface area (Å²) in [4.78, 5) is 0. The van der Waals surface area contributed by atoms with E-state index in [2.05, 4.69) is 5.32 Å². The number of ether oxygens (including phenoxy) is 1. The molecule has 1 fully saturated rings. The maximum Gasteiger partial charge on any atom is 0.127 e. The molecule has 0 aliphatic carbocycles. The Kier molecular flexibility index (Phi) is 2.56. The van der Waals surface area contributed by atoms with Crippen molar-refractivity contribution in [3.63, 3.8) is 0 Å². The van der Waals surface area contributed by atoms with Crippen LogP contribution in [0.3, 0.4) is 0 Å². The van der Waals surface area contributed by atoms with Gasteiger partial charge >= 0.3 is 0 Å². The minimum absolute atomic E-state index is 0.0452. The molecule has 2 aliphatic heterocycles. The Hall–Kier alpha value is -1.09. The molecule has 0 atom stereocenters. The van der Waals surface area contributed by atoms with E-state index < -0.39 is 0 Å². The highest BCUT2D eigenvalue weighted by molar-refractivity contribution is 5.45. The first-order chi connectivity index (χ1) is 7.86. The van der Waals surface area contributed by atoms with Gasteiger partial charge in [-0.05, 0) is 49.5 Å². The molecule has 3 heteroatoms. The third-order valence-corrected chi connectivity index (χ3v) is 3.62. The van der Waals surface area contributed by atoms with Crippen LogP contribution in [0.5, 0.6) is 5.75 Å². The van der Waals surface area contributed by atoms with Crippen LogP contribution >= 0.6 is 0 Å². The van der Waals surface area contributed by atoms with Crippen LogP contribution in [0.15, 0.2) is 12.1 Å². The SMILES string of the molecule is Fc1ccc2c(c1C1CCNCC1)CCO2. The topological polar surface area (TPSA) is 21.3 Å². The van der Waals surface area contributed by atoms with Crippen LogP contribution in [0.25, 0.3) is 0 Å². The van der Waals surface area contributed by atoms with Gasteiger partial charge in [-0.25, -0.2) is 4.39 Å². The summed E-state index contributed by atoms with van der Waals surface area (Å²) in [5.41, 5.74) is 2.04. The van der Waals surface area contributed by atoms with Gasteiger partial charge < -0.3 is 10.1 Å². The number of halogens is 1. The van der Waals surface area contributed by atoms with Gasteiger partial charge in [-0.15, -0.1) is 0 Å². The third kappa shape index (κ3) is 1.59. The van der Waals surface area contributed by atoms with Gasteiger partial charge in [-0.3, -0.25) is 0 Å². The highest BCUT2D eigenvalue weighted by Crippen LogP contribution is 2.37. The summed E-state index contributed by atoms with van der Waals surface area (Å²) in [6.45, 7) is 2.69. The molecule has 1 aromatic rings. The molecule has 0 unspecified atom stereocenters. The summed E-state index contributed by atoms with van der Waals surface area (Å²) >= 11 is 0. The van der Waals surface area contributed by atoms with Gasteiger partial charge in [-0.2, -0.15) is 0 Å². The molecule has 2 aliphatic rings. The monoisotopic (exact) mass is 221 g/mol. The zero-order valence-corrected chi connectivity index (χ0v) is 9.26. The van der Waals surface area contributed by atoms with Crippen molar-refractivity contribution in [2.45, 2.75) is 25.2 Å². The average molecular weight is 221 g/mol. The summed E-state index contributed by atoms with van der Waals surface area (Å²) in [6.07, 6.45) is 2.94. The van der Waals surface area contributed by atoms with Crippen molar-refractivity contribution in [1.82, 2.24) is 5.32 Å². The zero-order chi connectivity index (χ0) is 11.0. The van der Waals surface area contributed by atoms with Crippen molar-refractivity contribution in [2.24, 2.45) is 0 Å². The number of hydrogen-bond donors (Lipinski definition) is 1. The molecule has 86 valence electrons. The molecule has 0 radical (unpaired) electrons. The maximum absolute atomic E-state index is 14.0. The van der Waals surface area contributed by atoms with Crippen LogP contribution in [-0.4, -0.2) is 19.7 Å². The van der Waals surface area contributed by atoms with Gasteiger partial charge in [0.2, 0.25) is 0 Å². The molecule has 3 rings (SSSR count). The van der Waals surface area contributed by atoms with E-state index in [0.29, 0.717) is 12.5 Å². The Bertz CT molecular complexity index is 399. The van der Waals surface area contributed by atoms with E-state index in [0.717, 1.165) is 49.2 Å². The number of hydrogen-bond acceptors (Lipinski definition) is 2. The van der Waals surface area contributed by atoms with E-state index >= 15 is 0 Å². The van der Waals surface area contributed by atoms with Crippen molar-refractivity contribution >= 4 is 0 Å². The number of rotatable bonds is 1.